The van der Waals surface area contributed by atoms with E-state index in [1.165, 1.54) is 36.4 Å². The molecular formula is C15H12ClF3O2. The smallest absolute Gasteiger partial charge is 0.387 e. The molecule has 1 N–H and O–H groups in total. The third-order valence-electron chi connectivity index (χ3n) is 2.88. The summed E-state index contributed by atoms with van der Waals surface area (Å²) in [5.74, 6) is -0.569. The van der Waals surface area contributed by atoms with Gasteiger partial charge in [-0.1, -0.05) is 29.8 Å². The molecular weight excluding hydrogens is 305 g/mol. The fourth-order valence-electron chi connectivity index (χ4n) is 1.91. The Morgan fingerprint density at radius 3 is 2.57 bits per heavy atom. The van der Waals surface area contributed by atoms with Gasteiger partial charge in [0.25, 0.3) is 0 Å². The summed E-state index contributed by atoms with van der Waals surface area (Å²) >= 11 is 5.67. The molecule has 2 aromatic rings. The number of rotatable bonds is 5. The zero-order valence-electron chi connectivity index (χ0n) is 10.8. The van der Waals surface area contributed by atoms with E-state index in [0.717, 1.165) is 0 Å². The van der Waals surface area contributed by atoms with Crippen molar-refractivity contribution in [2.75, 3.05) is 0 Å². The first kappa shape index (κ1) is 15.7. The monoisotopic (exact) mass is 316 g/mol. The van der Waals surface area contributed by atoms with Crippen LogP contribution in [0, 0.1) is 5.82 Å². The summed E-state index contributed by atoms with van der Waals surface area (Å²) in [6, 6.07) is 9.94. The van der Waals surface area contributed by atoms with Crippen LogP contribution in [0.2, 0.25) is 5.02 Å². The second-order valence-electron chi connectivity index (χ2n) is 4.42. The highest BCUT2D eigenvalue weighted by Gasteiger charge is 2.12. The quantitative estimate of drug-likeness (QED) is 0.888. The highest BCUT2D eigenvalue weighted by atomic mass is 35.5. The van der Waals surface area contributed by atoms with E-state index in [9.17, 15) is 18.3 Å². The van der Waals surface area contributed by atoms with Crippen LogP contribution in [-0.4, -0.2) is 11.7 Å². The average molecular weight is 317 g/mol. The van der Waals surface area contributed by atoms with Crippen molar-refractivity contribution >= 4 is 11.6 Å². The van der Waals surface area contributed by atoms with Crippen molar-refractivity contribution in [1.29, 1.82) is 0 Å². The number of aliphatic hydroxyl groups excluding tert-OH is 1. The molecule has 0 saturated heterocycles. The van der Waals surface area contributed by atoms with Crippen molar-refractivity contribution in [3.05, 3.63) is 64.4 Å². The Morgan fingerprint density at radius 2 is 1.90 bits per heavy atom. The summed E-state index contributed by atoms with van der Waals surface area (Å²) in [4.78, 5) is 0. The van der Waals surface area contributed by atoms with E-state index in [-0.39, 0.29) is 17.2 Å². The molecule has 6 heteroatoms. The van der Waals surface area contributed by atoms with Gasteiger partial charge in [0.1, 0.15) is 11.6 Å². The number of halogens is 4. The van der Waals surface area contributed by atoms with Crippen LogP contribution in [0.15, 0.2) is 42.5 Å². The molecule has 1 atom stereocenters. The van der Waals surface area contributed by atoms with Crippen molar-refractivity contribution in [1.82, 2.24) is 0 Å². The van der Waals surface area contributed by atoms with Crippen molar-refractivity contribution in [3.63, 3.8) is 0 Å². The van der Waals surface area contributed by atoms with E-state index >= 15 is 0 Å². The lowest BCUT2D eigenvalue weighted by molar-refractivity contribution is -0.0499. The van der Waals surface area contributed by atoms with Gasteiger partial charge in [-0.15, -0.1) is 0 Å². The second kappa shape index (κ2) is 6.83. The van der Waals surface area contributed by atoms with Crippen molar-refractivity contribution in [2.24, 2.45) is 0 Å². The highest BCUT2D eigenvalue weighted by molar-refractivity contribution is 6.30. The van der Waals surface area contributed by atoms with Gasteiger partial charge in [0, 0.05) is 6.42 Å². The third kappa shape index (κ3) is 4.37. The third-order valence-corrected chi connectivity index (χ3v) is 3.17. The fourth-order valence-corrected chi connectivity index (χ4v) is 2.11. The molecule has 2 nitrogen and oxygen atoms in total. The summed E-state index contributed by atoms with van der Waals surface area (Å²) in [6.07, 6.45) is -0.759. The summed E-state index contributed by atoms with van der Waals surface area (Å²) in [7, 11) is 0. The standard InChI is InChI=1S/C15H12ClF3O2/c16-12-6-9(4-5-13(12)17)7-14(20)10-2-1-3-11(8-10)21-15(18)19/h1-6,8,14-15,20H,7H2. The number of hydrogen-bond acceptors (Lipinski definition) is 2. The van der Waals surface area contributed by atoms with Gasteiger partial charge in [-0.05, 0) is 35.4 Å². The Bertz CT molecular complexity index is 620. The van der Waals surface area contributed by atoms with Crippen LogP contribution in [0.25, 0.3) is 0 Å². The minimum atomic E-state index is -2.92. The van der Waals surface area contributed by atoms with Crippen LogP contribution >= 0.6 is 11.6 Å². The Morgan fingerprint density at radius 1 is 1.14 bits per heavy atom. The maximum absolute atomic E-state index is 13.1. The Balaban J connectivity index is 2.12. The minimum Gasteiger partial charge on any atom is -0.435 e. The van der Waals surface area contributed by atoms with E-state index in [0.29, 0.717) is 11.1 Å². The van der Waals surface area contributed by atoms with Crippen molar-refractivity contribution < 1.29 is 23.0 Å². The van der Waals surface area contributed by atoms with E-state index < -0.39 is 18.5 Å². The van der Waals surface area contributed by atoms with Crippen LogP contribution in [-0.2, 0) is 6.42 Å². The van der Waals surface area contributed by atoms with Crippen LogP contribution in [0.3, 0.4) is 0 Å². The maximum Gasteiger partial charge on any atom is 0.387 e. The molecule has 0 spiro atoms. The average Bonchev–Trinajstić information content (AvgIpc) is 2.42. The molecule has 21 heavy (non-hydrogen) atoms. The van der Waals surface area contributed by atoms with Gasteiger partial charge >= 0.3 is 6.61 Å². The van der Waals surface area contributed by atoms with E-state index in [1.807, 2.05) is 0 Å². The molecule has 2 aromatic carbocycles. The first-order chi connectivity index (χ1) is 9.95. The second-order valence-corrected chi connectivity index (χ2v) is 4.83. The summed E-state index contributed by atoms with van der Waals surface area (Å²) in [5, 5.41) is 10.1. The first-order valence-corrected chi connectivity index (χ1v) is 6.50. The van der Waals surface area contributed by atoms with Gasteiger partial charge in [0.15, 0.2) is 0 Å². The number of hydrogen-bond donors (Lipinski definition) is 1. The Hall–Kier alpha value is -1.72. The predicted molar refractivity (Wildman–Crippen MR) is 73.1 cm³/mol. The number of ether oxygens (including phenoxy) is 1. The van der Waals surface area contributed by atoms with Gasteiger partial charge in [-0.2, -0.15) is 8.78 Å². The topological polar surface area (TPSA) is 29.5 Å². The highest BCUT2D eigenvalue weighted by Crippen LogP contribution is 2.25. The molecule has 0 bridgehead atoms. The SMILES string of the molecule is OC(Cc1ccc(F)c(Cl)c1)c1cccc(OC(F)F)c1. The van der Waals surface area contributed by atoms with Crippen LogP contribution in [0.4, 0.5) is 13.2 Å². The van der Waals surface area contributed by atoms with Crippen molar-refractivity contribution in [2.45, 2.75) is 19.1 Å². The van der Waals surface area contributed by atoms with Gasteiger partial charge in [0.05, 0.1) is 11.1 Å². The molecule has 0 amide bonds. The lowest BCUT2D eigenvalue weighted by Gasteiger charge is -2.13. The molecule has 0 radical (unpaired) electrons. The fraction of sp³-hybridized carbons (Fsp3) is 0.200. The first-order valence-electron chi connectivity index (χ1n) is 6.12. The number of benzene rings is 2. The predicted octanol–water partition coefficient (Wildman–Crippen LogP) is 4.36. The van der Waals surface area contributed by atoms with Gasteiger partial charge in [0.2, 0.25) is 0 Å². The van der Waals surface area contributed by atoms with Gasteiger partial charge < -0.3 is 9.84 Å². The normalized spacial score (nSPS) is 12.5. The molecule has 0 aromatic heterocycles. The van der Waals surface area contributed by atoms with Gasteiger partial charge in [-0.25, -0.2) is 4.39 Å². The largest absolute Gasteiger partial charge is 0.435 e. The molecule has 0 heterocycles. The molecule has 0 fully saturated rings. The van der Waals surface area contributed by atoms with Crippen LogP contribution in [0.1, 0.15) is 17.2 Å². The zero-order chi connectivity index (χ0) is 15.4. The van der Waals surface area contributed by atoms with E-state index in [4.69, 9.17) is 11.6 Å². The minimum absolute atomic E-state index is 0.0290. The maximum atomic E-state index is 13.1. The molecule has 0 saturated carbocycles. The lowest BCUT2D eigenvalue weighted by Crippen LogP contribution is -2.05. The zero-order valence-corrected chi connectivity index (χ0v) is 11.5. The molecule has 0 aliphatic carbocycles. The Kier molecular flexibility index (Phi) is 5.09. The van der Waals surface area contributed by atoms with Crippen LogP contribution < -0.4 is 4.74 Å². The summed E-state index contributed by atoms with van der Waals surface area (Å²) in [5.41, 5.74) is 1.06. The molecule has 2 rings (SSSR count). The van der Waals surface area contributed by atoms with Gasteiger partial charge in [-0.3, -0.25) is 0 Å². The van der Waals surface area contributed by atoms with E-state index in [2.05, 4.69) is 4.74 Å². The molecule has 1 unspecified atom stereocenters. The summed E-state index contributed by atoms with van der Waals surface area (Å²) < 4.78 is 41.6. The number of alkyl halides is 2. The molecule has 0 aliphatic rings. The number of aliphatic hydroxyl groups is 1. The molecule has 112 valence electrons. The lowest BCUT2D eigenvalue weighted by atomic mass is 10.0. The Labute approximate surface area is 124 Å². The van der Waals surface area contributed by atoms with Crippen LogP contribution in [0.5, 0.6) is 5.75 Å². The molecule has 0 aliphatic heterocycles. The van der Waals surface area contributed by atoms with E-state index in [1.54, 1.807) is 6.07 Å². The van der Waals surface area contributed by atoms with Crippen molar-refractivity contribution in [3.8, 4) is 5.75 Å². The summed E-state index contributed by atoms with van der Waals surface area (Å²) in [6.45, 7) is -2.92.